The number of carbonyl (C=O) groups excluding carboxylic acids is 1. The van der Waals surface area contributed by atoms with Gasteiger partial charge in [0, 0.05) is 26.2 Å². The number of hydrogen-bond acceptors (Lipinski definition) is 5. The number of amides is 1. The lowest BCUT2D eigenvalue weighted by Gasteiger charge is -2.35. The molecule has 1 unspecified atom stereocenters. The van der Waals surface area contributed by atoms with E-state index in [1.807, 2.05) is 0 Å². The summed E-state index contributed by atoms with van der Waals surface area (Å²) < 4.78 is 15.1. The lowest BCUT2D eigenvalue weighted by atomic mass is 10.0. The molecule has 116 valence electrons. The van der Waals surface area contributed by atoms with E-state index in [0.717, 1.165) is 13.0 Å². The molecule has 0 aliphatic carbocycles. The van der Waals surface area contributed by atoms with Crippen LogP contribution < -0.4 is 5.32 Å². The molecule has 1 fully saturated rings. The van der Waals surface area contributed by atoms with Crippen LogP contribution in [0, 0.1) is 5.82 Å². The SMILES string of the molecule is O=C1NCCN(CCCn2cnnn2)C1c1cccc(F)c1. The molecule has 22 heavy (non-hydrogen) atoms. The van der Waals surface area contributed by atoms with E-state index >= 15 is 0 Å². The van der Waals surface area contributed by atoms with E-state index in [1.54, 1.807) is 23.1 Å². The van der Waals surface area contributed by atoms with Crippen LogP contribution in [0.25, 0.3) is 0 Å². The summed E-state index contributed by atoms with van der Waals surface area (Å²) in [5, 5.41) is 13.8. The summed E-state index contributed by atoms with van der Waals surface area (Å²) in [5.41, 5.74) is 0.680. The van der Waals surface area contributed by atoms with Crippen molar-refractivity contribution in [2.45, 2.75) is 19.0 Å². The van der Waals surface area contributed by atoms with Crippen LogP contribution in [0.1, 0.15) is 18.0 Å². The minimum atomic E-state index is -0.446. The molecular weight excluding hydrogens is 287 g/mol. The van der Waals surface area contributed by atoms with Crippen molar-refractivity contribution in [1.29, 1.82) is 0 Å². The Balaban J connectivity index is 1.68. The number of hydrogen-bond donors (Lipinski definition) is 1. The maximum atomic E-state index is 13.4. The summed E-state index contributed by atoms with van der Waals surface area (Å²) in [6.07, 6.45) is 2.37. The average Bonchev–Trinajstić information content (AvgIpc) is 3.01. The second-order valence-corrected chi connectivity index (χ2v) is 5.21. The largest absolute Gasteiger partial charge is 0.353 e. The summed E-state index contributed by atoms with van der Waals surface area (Å²) >= 11 is 0. The van der Waals surface area contributed by atoms with E-state index in [9.17, 15) is 9.18 Å². The zero-order valence-electron chi connectivity index (χ0n) is 12.0. The number of rotatable bonds is 5. The first kappa shape index (κ1) is 14.6. The van der Waals surface area contributed by atoms with Crippen LogP contribution in [0.2, 0.25) is 0 Å². The quantitative estimate of drug-likeness (QED) is 0.864. The maximum absolute atomic E-state index is 13.4. The Bertz CT molecular complexity index is 632. The molecule has 1 aromatic carbocycles. The van der Waals surface area contributed by atoms with Gasteiger partial charge in [0.1, 0.15) is 18.2 Å². The van der Waals surface area contributed by atoms with Gasteiger partial charge in [-0.25, -0.2) is 9.07 Å². The van der Waals surface area contributed by atoms with E-state index in [0.29, 0.717) is 25.2 Å². The van der Waals surface area contributed by atoms with Gasteiger partial charge < -0.3 is 5.32 Å². The Labute approximate surface area is 127 Å². The molecule has 3 rings (SSSR count). The van der Waals surface area contributed by atoms with Crippen molar-refractivity contribution >= 4 is 5.91 Å². The minimum absolute atomic E-state index is 0.0840. The van der Waals surface area contributed by atoms with Gasteiger partial charge in [0.2, 0.25) is 5.91 Å². The monoisotopic (exact) mass is 304 g/mol. The molecule has 1 saturated heterocycles. The molecule has 7 nitrogen and oxygen atoms in total. The number of tetrazole rings is 1. The smallest absolute Gasteiger partial charge is 0.242 e. The molecule has 1 atom stereocenters. The molecule has 1 amide bonds. The fourth-order valence-electron chi connectivity index (χ4n) is 2.71. The Hall–Kier alpha value is -2.35. The minimum Gasteiger partial charge on any atom is -0.353 e. The van der Waals surface area contributed by atoms with Crippen LogP contribution in [-0.2, 0) is 11.3 Å². The molecule has 2 heterocycles. The van der Waals surface area contributed by atoms with Crippen molar-refractivity contribution in [2.24, 2.45) is 0 Å². The van der Waals surface area contributed by atoms with Crippen molar-refractivity contribution in [2.75, 3.05) is 19.6 Å². The highest BCUT2D eigenvalue weighted by molar-refractivity contribution is 5.83. The highest BCUT2D eigenvalue weighted by Crippen LogP contribution is 2.24. The van der Waals surface area contributed by atoms with Crippen LogP contribution in [0.15, 0.2) is 30.6 Å². The van der Waals surface area contributed by atoms with Crippen LogP contribution in [0.4, 0.5) is 4.39 Å². The van der Waals surface area contributed by atoms with Gasteiger partial charge in [-0.3, -0.25) is 9.69 Å². The Morgan fingerprint density at radius 3 is 3.05 bits per heavy atom. The molecule has 0 spiro atoms. The molecule has 1 N–H and O–H groups in total. The fourth-order valence-corrected chi connectivity index (χ4v) is 2.71. The summed E-state index contributed by atoms with van der Waals surface area (Å²) in [5.74, 6) is -0.413. The zero-order valence-corrected chi connectivity index (χ0v) is 12.0. The predicted molar refractivity (Wildman–Crippen MR) is 76.2 cm³/mol. The highest BCUT2D eigenvalue weighted by atomic mass is 19.1. The van der Waals surface area contributed by atoms with Gasteiger partial charge in [0.25, 0.3) is 0 Å². The van der Waals surface area contributed by atoms with Gasteiger partial charge in [-0.2, -0.15) is 0 Å². The lowest BCUT2D eigenvalue weighted by Crippen LogP contribution is -2.50. The standard InChI is InChI=1S/C14H17FN6O/c15-12-4-1-3-11(9-12)13-14(22)16-5-8-20(13)6-2-7-21-10-17-18-19-21/h1,3-4,9-10,13H,2,5-8H2,(H,16,22). The van der Waals surface area contributed by atoms with Gasteiger partial charge in [-0.05, 0) is 34.5 Å². The normalized spacial score (nSPS) is 19.1. The summed E-state index contributed by atoms with van der Waals surface area (Å²) in [6.45, 7) is 2.74. The lowest BCUT2D eigenvalue weighted by molar-refractivity contribution is -0.129. The molecule has 8 heteroatoms. The van der Waals surface area contributed by atoms with Gasteiger partial charge >= 0.3 is 0 Å². The number of piperazine rings is 1. The predicted octanol–water partition coefficient (Wildman–Crippen LogP) is 0.375. The second-order valence-electron chi connectivity index (χ2n) is 5.21. The third-order valence-electron chi connectivity index (χ3n) is 3.70. The molecule has 1 aliphatic rings. The van der Waals surface area contributed by atoms with Crippen LogP contribution in [-0.4, -0.2) is 50.6 Å². The Morgan fingerprint density at radius 2 is 2.27 bits per heavy atom. The molecule has 2 aromatic rings. The third kappa shape index (κ3) is 3.28. The van der Waals surface area contributed by atoms with Crippen molar-refractivity contribution in [1.82, 2.24) is 30.4 Å². The molecular formula is C14H17FN6O. The zero-order chi connectivity index (χ0) is 15.4. The summed E-state index contributed by atoms with van der Waals surface area (Å²) in [4.78, 5) is 14.3. The topological polar surface area (TPSA) is 75.9 Å². The number of carbonyl (C=O) groups is 1. The number of nitrogens with one attached hydrogen (secondary N) is 1. The number of aryl methyl sites for hydroxylation is 1. The van der Waals surface area contributed by atoms with Gasteiger partial charge in [-0.15, -0.1) is 5.10 Å². The van der Waals surface area contributed by atoms with Crippen molar-refractivity contribution in [3.8, 4) is 0 Å². The molecule has 1 aliphatic heterocycles. The van der Waals surface area contributed by atoms with Crippen LogP contribution in [0.3, 0.4) is 0 Å². The number of nitrogens with zero attached hydrogens (tertiary/aromatic N) is 5. The highest BCUT2D eigenvalue weighted by Gasteiger charge is 2.30. The van der Waals surface area contributed by atoms with Crippen LogP contribution in [0.5, 0.6) is 0 Å². The van der Waals surface area contributed by atoms with Crippen molar-refractivity contribution in [3.05, 3.63) is 42.0 Å². The Morgan fingerprint density at radius 1 is 1.36 bits per heavy atom. The molecule has 1 aromatic heterocycles. The van der Waals surface area contributed by atoms with E-state index < -0.39 is 6.04 Å². The number of halogens is 1. The van der Waals surface area contributed by atoms with E-state index in [2.05, 4.69) is 25.7 Å². The van der Waals surface area contributed by atoms with E-state index in [1.165, 1.54) is 12.1 Å². The summed E-state index contributed by atoms with van der Waals surface area (Å²) in [6, 6.07) is 5.77. The van der Waals surface area contributed by atoms with Crippen LogP contribution >= 0.6 is 0 Å². The first-order valence-electron chi connectivity index (χ1n) is 7.22. The maximum Gasteiger partial charge on any atom is 0.242 e. The molecule has 0 bridgehead atoms. The first-order valence-corrected chi connectivity index (χ1v) is 7.22. The number of aromatic nitrogens is 4. The first-order chi connectivity index (χ1) is 10.7. The van der Waals surface area contributed by atoms with E-state index in [4.69, 9.17) is 0 Å². The van der Waals surface area contributed by atoms with Crippen molar-refractivity contribution in [3.63, 3.8) is 0 Å². The van der Waals surface area contributed by atoms with E-state index in [-0.39, 0.29) is 11.7 Å². The second kappa shape index (κ2) is 6.61. The van der Waals surface area contributed by atoms with Crippen molar-refractivity contribution < 1.29 is 9.18 Å². The molecule has 0 saturated carbocycles. The van der Waals surface area contributed by atoms with Gasteiger partial charge in [-0.1, -0.05) is 12.1 Å². The average molecular weight is 304 g/mol. The van der Waals surface area contributed by atoms with Gasteiger partial charge in [0.15, 0.2) is 0 Å². The van der Waals surface area contributed by atoms with Gasteiger partial charge in [0.05, 0.1) is 0 Å². The molecule has 0 radical (unpaired) electrons. The summed E-state index contributed by atoms with van der Waals surface area (Å²) in [7, 11) is 0. The Kier molecular flexibility index (Phi) is 4.38. The third-order valence-corrected chi connectivity index (χ3v) is 3.70. The fraction of sp³-hybridized carbons (Fsp3) is 0.429. The number of benzene rings is 1.